The smallest absolute Gasteiger partial charge is 0.410 e. The molecule has 148 valence electrons. The lowest BCUT2D eigenvalue weighted by molar-refractivity contribution is -0.133. The van der Waals surface area contributed by atoms with Gasteiger partial charge < -0.3 is 19.6 Å². The summed E-state index contributed by atoms with van der Waals surface area (Å²) in [4.78, 5) is 28.2. The number of amides is 2. The molecule has 0 spiro atoms. The molecule has 0 aromatic heterocycles. The van der Waals surface area contributed by atoms with Gasteiger partial charge in [0, 0.05) is 26.1 Å². The van der Waals surface area contributed by atoms with Crippen LogP contribution in [-0.4, -0.2) is 59.2 Å². The summed E-state index contributed by atoms with van der Waals surface area (Å²) >= 11 is 0. The number of benzene rings is 2. The van der Waals surface area contributed by atoms with Crippen LogP contribution in [0.5, 0.6) is 0 Å². The lowest BCUT2D eigenvalue weighted by Gasteiger charge is -2.29. The molecule has 28 heavy (non-hydrogen) atoms. The van der Waals surface area contributed by atoms with E-state index in [2.05, 4.69) is 0 Å². The molecule has 1 N–H and O–H groups in total. The zero-order chi connectivity index (χ0) is 19.8. The summed E-state index contributed by atoms with van der Waals surface area (Å²) in [5.74, 6) is -0.0478. The van der Waals surface area contributed by atoms with Crippen LogP contribution < -0.4 is 0 Å². The summed E-state index contributed by atoms with van der Waals surface area (Å²) in [7, 11) is 0. The van der Waals surface area contributed by atoms with E-state index in [4.69, 9.17) is 4.74 Å². The third-order valence-electron chi connectivity index (χ3n) is 4.96. The Hall–Kier alpha value is -2.86. The zero-order valence-corrected chi connectivity index (χ0v) is 15.9. The van der Waals surface area contributed by atoms with E-state index in [1.807, 2.05) is 60.7 Å². The van der Waals surface area contributed by atoms with Crippen molar-refractivity contribution in [1.29, 1.82) is 0 Å². The Kier molecular flexibility index (Phi) is 7.03. The third kappa shape index (κ3) is 5.33. The van der Waals surface area contributed by atoms with Crippen molar-refractivity contribution in [2.45, 2.75) is 25.5 Å². The Morgan fingerprint density at radius 3 is 2.25 bits per heavy atom. The number of carbonyl (C=O) groups excluding carboxylic acids is 2. The highest BCUT2D eigenvalue weighted by Gasteiger charge is 2.29. The van der Waals surface area contributed by atoms with E-state index in [-0.39, 0.29) is 31.6 Å². The molecule has 0 bridgehead atoms. The lowest BCUT2D eigenvalue weighted by Crippen LogP contribution is -2.45. The van der Waals surface area contributed by atoms with Crippen LogP contribution in [0.3, 0.4) is 0 Å². The zero-order valence-electron chi connectivity index (χ0n) is 15.9. The first-order valence-corrected chi connectivity index (χ1v) is 9.57. The van der Waals surface area contributed by atoms with Crippen LogP contribution in [0.15, 0.2) is 60.7 Å². The maximum atomic E-state index is 12.6. The highest BCUT2D eigenvalue weighted by Crippen LogP contribution is 2.14. The molecule has 2 amide bonds. The van der Waals surface area contributed by atoms with E-state index in [0.29, 0.717) is 26.1 Å². The fraction of sp³-hybridized carbons (Fsp3) is 0.364. The average Bonchev–Trinajstić information content (AvgIpc) is 2.93. The van der Waals surface area contributed by atoms with Crippen molar-refractivity contribution < 1.29 is 19.4 Å². The van der Waals surface area contributed by atoms with Crippen LogP contribution in [-0.2, 0) is 22.6 Å². The first-order valence-electron chi connectivity index (χ1n) is 9.57. The van der Waals surface area contributed by atoms with E-state index in [9.17, 15) is 14.7 Å². The van der Waals surface area contributed by atoms with Gasteiger partial charge in [-0.15, -0.1) is 0 Å². The second kappa shape index (κ2) is 9.90. The summed E-state index contributed by atoms with van der Waals surface area (Å²) in [6, 6.07) is 19.0. The minimum absolute atomic E-state index is 0.0478. The summed E-state index contributed by atoms with van der Waals surface area (Å²) in [6.45, 7) is 1.20. The molecule has 0 unspecified atom stereocenters. The Balaban J connectivity index is 1.57. The van der Waals surface area contributed by atoms with E-state index in [1.54, 1.807) is 9.80 Å². The van der Waals surface area contributed by atoms with Gasteiger partial charge in [0.1, 0.15) is 6.61 Å². The van der Waals surface area contributed by atoms with Crippen molar-refractivity contribution in [2.75, 3.05) is 26.2 Å². The number of aliphatic hydroxyl groups excluding tert-OH is 1. The van der Waals surface area contributed by atoms with E-state index in [0.717, 1.165) is 11.1 Å². The van der Waals surface area contributed by atoms with Gasteiger partial charge >= 0.3 is 6.09 Å². The SMILES string of the molecule is O=C(OCc1ccccc1)N1CCC(=O)N([C@H](CO)Cc2ccccc2)CC1. The molecule has 6 heteroatoms. The molecule has 0 radical (unpaired) electrons. The quantitative estimate of drug-likeness (QED) is 0.833. The molecule has 6 nitrogen and oxygen atoms in total. The molecule has 1 atom stereocenters. The Labute approximate surface area is 165 Å². The topological polar surface area (TPSA) is 70.1 Å². The summed E-state index contributed by atoms with van der Waals surface area (Å²) in [6.07, 6.45) is 0.398. The molecule has 2 aromatic carbocycles. The van der Waals surface area contributed by atoms with Crippen LogP contribution in [0.2, 0.25) is 0 Å². The van der Waals surface area contributed by atoms with Crippen LogP contribution in [0.4, 0.5) is 4.79 Å². The van der Waals surface area contributed by atoms with Gasteiger partial charge in [0.2, 0.25) is 5.91 Å². The normalized spacial score (nSPS) is 15.8. The van der Waals surface area contributed by atoms with Crippen LogP contribution >= 0.6 is 0 Å². The number of ether oxygens (including phenoxy) is 1. The first-order chi connectivity index (χ1) is 13.7. The van der Waals surface area contributed by atoms with Gasteiger partial charge in [-0.1, -0.05) is 60.7 Å². The monoisotopic (exact) mass is 382 g/mol. The largest absolute Gasteiger partial charge is 0.445 e. The van der Waals surface area contributed by atoms with E-state index in [1.165, 1.54) is 0 Å². The molecule has 1 aliphatic rings. The number of aliphatic hydroxyl groups is 1. The number of rotatable bonds is 6. The predicted molar refractivity (Wildman–Crippen MR) is 106 cm³/mol. The fourth-order valence-corrected chi connectivity index (χ4v) is 3.38. The number of carbonyl (C=O) groups is 2. The highest BCUT2D eigenvalue weighted by atomic mass is 16.6. The van der Waals surface area contributed by atoms with Crippen molar-refractivity contribution in [2.24, 2.45) is 0 Å². The molecule has 2 aromatic rings. The average molecular weight is 382 g/mol. The van der Waals surface area contributed by atoms with Gasteiger partial charge in [-0.2, -0.15) is 0 Å². The predicted octanol–water partition coefficient (Wildman–Crippen LogP) is 2.46. The first kappa shape index (κ1) is 19.9. The summed E-state index contributed by atoms with van der Waals surface area (Å²) in [5.41, 5.74) is 1.99. The van der Waals surface area contributed by atoms with Crippen molar-refractivity contribution >= 4 is 12.0 Å². The van der Waals surface area contributed by atoms with Crippen molar-refractivity contribution in [3.63, 3.8) is 0 Å². The molecule has 0 aliphatic carbocycles. The summed E-state index contributed by atoms with van der Waals surface area (Å²) < 4.78 is 5.38. The Morgan fingerprint density at radius 1 is 0.964 bits per heavy atom. The van der Waals surface area contributed by atoms with Crippen LogP contribution in [0, 0.1) is 0 Å². The Bertz CT molecular complexity index is 767. The highest BCUT2D eigenvalue weighted by molar-refractivity contribution is 5.78. The molecule has 1 fully saturated rings. The van der Waals surface area contributed by atoms with Gasteiger partial charge in [0.05, 0.1) is 12.6 Å². The van der Waals surface area contributed by atoms with E-state index >= 15 is 0 Å². The van der Waals surface area contributed by atoms with Crippen molar-refractivity contribution in [1.82, 2.24) is 9.80 Å². The minimum Gasteiger partial charge on any atom is -0.445 e. The molecule has 1 saturated heterocycles. The van der Waals surface area contributed by atoms with Crippen LogP contribution in [0.1, 0.15) is 17.5 Å². The molecule has 3 rings (SSSR count). The molecule has 1 heterocycles. The van der Waals surface area contributed by atoms with Gasteiger partial charge in [-0.05, 0) is 17.5 Å². The number of nitrogens with zero attached hydrogens (tertiary/aromatic N) is 2. The molecular weight excluding hydrogens is 356 g/mol. The molecule has 1 aliphatic heterocycles. The third-order valence-corrected chi connectivity index (χ3v) is 4.96. The Morgan fingerprint density at radius 2 is 1.61 bits per heavy atom. The second-order valence-electron chi connectivity index (χ2n) is 6.89. The van der Waals surface area contributed by atoms with E-state index < -0.39 is 6.09 Å². The fourth-order valence-electron chi connectivity index (χ4n) is 3.38. The van der Waals surface area contributed by atoms with Gasteiger partial charge in [0.15, 0.2) is 0 Å². The minimum atomic E-state index is -0.415. The van der Waals surface area contributed by atoms with Crippen molar-refractivity contribution in [3.05, 3.63) is 71.8 Å². The molecular formula is C22H26N2O4. The molecule has 0 saturated carbocycles. The lowest BCUT2D eigenvalue weighted by atomic mass is 10.0. The van der Waals surface area contributed by atoms with Crippen molar-refractivity contribution in [3.8, 4) is 0 Å². The standard InChI is InChI=1S/C22H26N2O4/c25-16-20(15-18-7-3-1-4-8-18)24-14-13-23(12-11-21(24)26)22(27)28-17-19-9-5-2-6-10-19/h1-10,20,25H,11-17H2/t20-/m0/s1. The maximum absolute atomic E-state index is 12.6. The van der Waals surface area contributed by atoms with Crippen LogP contribution in [0.25, 0.3) is 0 Å². The van der Waals surface area contributed by atoms with Gasteiger partial charge in [0.25, 0.3) is 0 Å². The number of hydrogen-bond donors (Lipinski definition) is 1. The number of hydrogen-bond acceptors (Lipinski definition) is 4. The van der Waals surface area contributed by atoms with Gasteiger partial charge in [-0.25, -0.2) is 4.79 Å². The maximum Gasteiger partial charge on any atom is 0.410 e. The van der Waals surface area contributed by atoms with Gasteiger partial charge in [-0.3, -0.25) is 4.79 Å². The second-order valence-corrected chi connectivity index (χ2v) is 6.89. The summed E-state index contributed by atoms with van der Waals surface area (Å²) in [5, 5.41) is 9.84.